The second-order valence-corrected chi connectivity index (χ2v) is 7.78. The fourth-order valence-electron chi connectivity index (χ4n) is 2.67. The van der Waals surface area contributed by atoms with Crippen molar-refractivity contribution in [2.24, 2.45) is 5.41 Å². The highest BCUT2D eigenvalue weighted by molar-refractivity contribution is 6.30. The topological polar surface area (TPSA) is 32.3 Å². The predicted molar refractivity (Wildman–Crippen MR) is 97.6 cm³/mol. The summed E-state index contributed by atoms with van der Waals surface area (Å²) in [4.78, 5) is 0. The van der Waals surface area contributed by atoms with Crippen molar-refractivity contribution in [1.82, 2.24) is 5.32 Å². The van der Waals surface area contributed by atoms with Crippen LogP contribution < -0.4 is 5.32 Å². The summed E-state index contributed by atoms with van der Waals surface area (Å²) >= 11 is 5.88. The molecule has 2 nitrogen and oxygen atoms in total. The molecule has 2 N–H and O–H groups in total. The van der Waals surface area contributed by atoms with Crippen molar-refractivity contribution < 1.29 is 9.50 Å². The van der Waals surface area contributed by atoms with Crippen LogP contribution in [0.1, 0.15) is 50.5 Å². The molecule has 0 spiro atoms. The zero-order chi connectivity index (χ0) is 17.7. The second-order valence-electron chi connectivity index (χ2n) is 7.34. The van der Waals surface area contributed by atoms with E-state index in [1.165, 1.54) is 12.1 Å². The van der Waals surface area contributed by atoms with Crippen LogP contribution in [0.3, 0.4) is 0 Å². The maximum absolute atomic E-state index is 13.2. The van der Waals surface area contributed by atoms with Crippen molar-refractivity contribution in [1.29, 1.82) is 0 Å². The molecule has 0 radical (unpaired) electrons. The van der Waals surface area contributed by atoms with E-state index < -0.39 is 6.10 Å². The van der Waals surface area contributed by atoms with Gasteiger partial charge in [-0.2, -0.15) is 0 Å². The van der Waals surface area contributed by atoms with Crippen LogP contribution in [0.5, 0.6) is 0 Å². The van der Waals surface area contributed by atoms with Gasteiger partial charge in [0, 0.05) is 17.6 Å². The van der Waals surface area contributed by atoms with Crippen LogP contribution in [0.2, 0.25) is 5.02 Å². The van der Waals surface area contributed by atoms with Gasteiger partial charge in [-0.1, -0.05) is 56.6 Å². The van der Waals surface area contributed by atoms with Gasteiger partial charge in [-0.15, -0.1) is 0 Å². The molecule has 2 aromatic rings. The Morgan fingerprint density at radius 1 is 1.00 bits per heavy atom. The van der Waals surface area contributed by atoms with Crippen LogP contribution in [-0.2, 0) is 0 Å². The van der Waals surface area contributed by atoms with Gasteiger partial charge < -0.3 is 10.4 Å². The molecule has 0 bridgehead atoms. The van der Waals surface area contributed by atoms with E-state index in [2.05, 4.69) is 26.1 Å². The Balaban J connectivity index is 2.07. The molecule has 24 heavy (non-hydrogen) atoms. The second kappa shape index (κ2) is 8.11. The van der Waals surface area contributed by atoms with Gasteiger partial charge in [-0.05, 0) is 47.2 Å². The Morgan fingerprint density at radius 3 is 2.08 bits per heavy atom. The minimum Gasteiger partial charge on any atom is -0.387 e. The van der Waals surface area contributed by atoms with E-state index in [1.807, 2.05) is 12.1 Å². The van der Waals surface area contributed by atoms with E-state index in [0.717, 1.165) is 17.5 Å². The fourth-order valence-corrected chi connectivity index (χ4v) is 2.80. The van der Waals surface area contributed by atoms with E-state index in [4.69, 9.17) is 11.6 Å². The summed E-state index contributed by atoms with van der Waals surface area (Å²) in [5.74, 6) is -0.241. The lowest BCUT2D eigenvalue weighted by Crippen LogP contribution is -2.29. The number of benzene rings is 2. The first-order valence-electron chi connectivity index (χ1n) is 8.17. The summed E-state index contributed by atoms with van der Waals surface area (Å²) in [6.45, 7) is 6.92. The first kappa shape index (κ1) is 18.9. The summed E-state index contributed by atoms with van der Waals surface area (Å²) in [6.07, 6.45) is 0.261. The van der Waals surface area contributed by atoms with Gasteiger partial charge in [0.05, 0.1) is 6.10 Å². The van der Waals surface area contributed by atoms with Crippen LogP contribution >= 0.6 is 11.6 Å². The zero-order valence-electron chi connectivity index (χ0n) is 14.4. The lowest BCUT2D eigenvalue weighted by Gasteiger charge is -2.28. The summed E-state index contributed by atoms with van der Waals surface area (Å²) in [6, 6.07) is 13.8. The summed E-state index contributed by atoms with van der Waals surface area (Å²) in [5, 5.41) is 14.5. The standard InChI is InChI=1S/C20H25ClFNO/c1-20(2,3)12-18(14-6-10-17(22)11-7-14)23-13-19(24)15-4-8-16(21)9-5-15/h4-11,18-19,23-24H,12-13H2,1-3H3/t18?,19-/m0/s1. The van der Waals surface area contributed by atoms with Gasteiger partial charge in [-0.3, -0.25) is 0 Å². The van der Waals surface area contributed by atoms with E-state index in [9.17, 15) is 9.50 Å². The first-order chi connectivity index (χ1) is 11.2. The van der Waals surface area contributed by atoms with Crippen LogP contribution in [0, 0.1) is 11.2 Å². The molecular formula is C20H25ClFNO. The normalized spacial score (nSPS) is 14.4. The summed E-state index contributed by atoms with van der Waals surface area (Å²) in [7, 11) is 0. The molecular weight excluding hydrogens is 325 g/mol. The van der Waals surface area contributed by atoms with Gasteiger partial charge >= 0.3 is 0 Å². The lowest BCUT2D eigenvalue weighted by molar-refractivity contribution is 0.164. The van der Waals surface area contributed by atoms with Gasteiger partial charge in [0.2, 0.25) is 0 Å². The smallest absolute Gasteiger partial charge is 0.123 e. The Hall–Kier alpha value is -1.42. The Kier molecular flexibility index (Phi) is 6.39. The molecule has 0 saturated carbocycles. The lowest BCUT2D eigenvalue weighted by atomic mass is 9.85. The third-order valence-corrected chi connectivity index (χ3v) is 4.15. The highest BCUT2D eigenvalue weighted by Crippen LogP contribution is 2.30. The van der Waals surface area contributed by atoms with Gasteiger partial charge in [0.15, 0.2) is 0 Å². The van der Waals surface area contributed by atoms with Crippen molar-refractivity contribution in [2.45, 2.75) is 39.3 Å². The van der Waals surface area contributed by atoms with Gasteiger partial charge in [0.1, 0.15) is 5.82 Å². The van der Waals surface area contributed by atoms with Crippen molar-refractivity contribution >= 4 is 11.6 Å². The number of halogens is 2. The molecule has 0 aliphatic heterocycles. The number of hydrogen-bond donors (Lipinski definition) is 2. The van der Waals surface area contributed by atoms with Gasteiger partial charge in [-0.25, -0.2) is 4.39 Å². The Morgan fingerprint density at radius 2 is 1.54 bits per heavy atom. The number of nitrogens with one attached hydrogen (secondary N) is 1. The monoisotopic (exact) mass is 349 g/mol. The maximum Gasteiger partial charge on any atom is 0.123 e. The minimum atomic E-state index is -0.620. The van der Waals surface area contributed by atoms with Crippen molar-refractivity contribution in [3.63, 3.8) is 0 Å². The quantitative estimate of drug-likeness (QED) is 0.743. The molecule has 130 valence electrons. The van der Waals surface area contributed by atoms with E-state index in [0.29, 0.717) is 11.6 Å². The van der Waals surface area contributed by atoms with Crippen LogP contribution in [-0.4, -0.2) is 11.7 Å². The molecule has 0 aromatic heterocycles. The molecule has 0 heterocycles. The van der Waals surface area contributed by atoms with Crippen LogP contribution in [0.25, 0.3) is 0 Å². The molecule has 1 unspecified atom stereocenters. The van der Waals surface area contributed by atoms with Crippen LogP contribution in [0.15, 0.2) is 48.5 Å². The van der Waals surface area contributed by atoms with E-state index in [-0.39, 0.29) is 17.3 Å². The van der Waals surface area contributed by atoms with Crippen molar-refractivity contribution in [3.8, 4) is 0 Å². The highest BCUT2D eigenvalue weighted by atomic mass is 35.5. The molecule has 0 aliphatic rings. The molecule has 2 aromatic carbocycles. The summed E-state index contributed by atoms with van der Waals surface area (Å²) < 4.78 is 13.2. The predicted octanol–water partition coefficient (Wildman–Crippen LogP) is 5.28. The molecule has 2 atom stereocenters. The average Bonchev–Trinajstić information content (AvgIpc) is 2.51. The van der Waals surface area contributed by atoms with E-state index >= 15 is 0 Å². The van der Waals surface area contributed by atoms with Crippen molar-refractivity contribution in [2.75, 3.05) is 6.54 Å². The number of rotatable bonds is 6. The third kappa shape index (κ3) is 5.90. The highest BCUT2D eigenvalue weighted by Gasteiger charge is 2.21. The molecule has 0 fully saturated rings. The number of aliphatic hydroxyl groups is 1. The fraction of sp³-hybridized carbons (Fsp3) is 0.400. The van der Waals surface area contributed by atoms with Gasteiger partial charge in [0.25, 0.3) is 0 Å². The zero-order valence-corrected chi connectivity index (χ0v) is 15.1. The minimum absolute atomic E-state index is 0.0487. The molecule has 2 rings (SSSR count). The first-order valence-corrected chi connectivity index (χ1v) is 8.55. The van der Waals surface area contributed by atoms with Crippen molar-refractivity contribution in [3.05, 3.63) is 70.5 Å². The largest absolute Gasteiger partial charge is 0.387 e. The molecule has 0 saturated heterocycles. The average molecular weight is 350 g/mol. The Labute approximate surface area is 148 Å². The molecule has 0 aliphatic carbocycles. The molecule has 4 heteroatoms. The SMILES string of the molecule is CC(C)(C)CC(NC[C@H](O)c1ccc(Cl)cc1)c1ccc(F)cc1. The van der Waals surface area contributed by atoms with E-state index in [1.54, 1.807) is 24.3 Å². The van der Waals surface area contributed by atoms with Crippen LogP contribution in [0.4, 0.5) is 4.39 Å². The third-order valence-electron chi connectivity index (χ3n) is 3.90. The summed E-state index contributed by atoms with van der Waals surface area (Å²) in [5.41, 5.74) is 1.95. The Bertz CT molecular complexity index is 634. The molecule has 0 amide bonds. The maximum atomic E-state index is 13.2. The number of aliphatic hydroxyl groups excluding tert-OH is 1. The number of hydrogen-bond acceptors (Lipinski definition) is 2.